The zero-order valence-corrected chi connectivity index (χ0v) is 21.5. The van der Waals surface area contributed by atoms with Crippen LogP contribution in [0.4, 0.5) is 10.1 Å². The number of ketones is 1. The highest BCUT2D eigenvalue weighted by Gasteiger charge is 2.41. The third-order valence-corrected chi connectivity index (χ3v) is 7.76. The van der Waals surface area contributed by atoms with Crippen molar-refractivity contribution in [2.75, 3.05) is 5.32 Å². The summed E-state index contributed by atoms with van der Waals surface area (Å²) >= 11 is 6.24. The first kappa shape index (κ1) is 23.7. The van der Waals surface area contributed by atoms with E-state index in [0.29, 0.717) is 22.8 Å². The second kappa shape index (κ2) is 9.04. The number of fused-ring (bicyclic) bond motifs is 4. The molecule has 0 saturated carbocycles. The molecule has 6 rings (SSSR count). The number of para-hydroxylation sites is 1. The maximum atomic E-state index is 14.4. The molecule has 1 aliphatic heterocycles. The van der Waals surface area contributed by atoms with Crippen molar-refractivity contribution in [1.29, 1.82) is 0 Å². The van der Waals surface area contributed by atoms with Gasteiger partial charge in [-0.1, -0.05) is 80.0 Å². The Morgan fingerprint density at radius 2 is 1.76 bits per heavy atom. The van der Waals surface area contributed by atoms with Crippen LogP contribution in [0.25, 0.3) is 16.3 Å². The number of anilines is 1. The van der Waals surface area contributed by atoms with Crippen LogP contribution in [0.15, 0.2) is 84.4 Å². The molecular weight excluding hydrogens is 485 g/mol. The first-order valence-electron chi connectivity index (χ1n) is 12.5. The summed E-state index contributed by atoms with van der Waals surface area (Å²) in [6, 6.07) is 24.4. The summed E-state index contributed by atoms with van der Waals surface area (Å²) in [5.41, 5.74) is 5.02. The number of Topliss-reactive ketones (excluding diaryl/α,β-unsaturated/α-hetero) is 1. The first-order valence-corrected chi connectivity index (χ1v) is 12.9. The SMILES string of the molecule is CC1(C)CC(=O)C2=C(C1)c1c(ccc3ccccc13)N[C@H]2c1ccccc1OCc1c(F)cccc1Cl. The molecule has 0 fully saturated rings. The fraction of sp³-hybridized carbons (Fsp3) is 0.219. The van der Waals surface area contributed by atoms with Crippen molar-refractivity contribution in [3.8, 4) is 5.75 Å². The van der Waals surface area contributed by atoms with E-state index in [1.54, 1.807) is 12.1 Å². The van der Waals surface area contributed by atoms with E-state index < -0.39 is 5.82 Å². The lowest BCUT2D eigenvalue weighted by Gasteiger charge is -2.40. The molecule has 0 radical (unpaired) electrons. The third-order valence-electron chi connectivity index (χ3n) is 7.40. The molecule has 0 spiro atoms. The lowest BCUT2D eigenvalue weighted by molar-refractivity contribution is -0.118. The van der Waals surface area contributed by atoms with Crippen molar-refractivity contribution in [2.45, 2.75) is 39.3 Å². The van der Waals surface area contributed by atoms with E-state index in [1.165, 1.54) is 6.07 Å². The topological polar surface area (TPSA) is 38.3 Å². The lowest BCUT2D eigenvalue weighted by atomic mass is 9.68. The lowest BCUT2D eigenvalue weighted by Crippen LogP contribution is -2.33. The molecule has 1 N–H and O–H groups in total. The van der Waals surface area contributed by atoms with Crippen molar-refractivity contribution in [3.63, 3.8) is 0 Å². The Balaban J connectivity index is 1.48. The predicted octanol–water partition coefficient (Wildman–Crippen LogP) is 8.52. The summed E-state index contributed by atoms with van der Waals surface area (Å²) in [5, 5.41) is 6.28. The van der Waals surface area contributed by atoms with Gasteiger partial charge in [-0.25, -0.2) is 4.39 Å². The molecule has 5 heteroatoms. The summed E-state index contributed by atoms with van der Waals surface area (Å²) in [5.74, 6) is 0.332. The molecule has 1 heterocycles. The van der Waals surface area contributed by atoms with Crippen molar-refractivity contribution in [2.24, 2.45) is 5.41 Å². The van der Waals surface area contributed by atoms with Gasteiger partial charge >= 0.3 is 0 Å². The smallest absolute Gasteiger partial charge is 0.162 e. The molecular formula is C32H27ClFNO2. The minimum absolute atomic E-state index is 0.0106. The zero-order valence-electron chi connectivity index (χ0n) is 20.8. The molecule has 0 bridgehead atoms. The number of rotatable bonds is 4. The van der Waals surface area contributed by atoms with Crippen LogP contribution in [0.1, 0.15) is 49.4 Å². The van der Waals surface area contributed by atoms with Crippen molar-refractivity contribution in [3.05, 3.63) is 112 Å². The number of ether oxygens (including phenoxy) is 1. The molecule has 4 aromatic rings. The third kappa shape index (κ3) is 4.19. The number of nitrogens with one attached hydrogen (secondary N) is 1. The van der Waals surface area contributed by atoms with Gasteiger partial charge in [-0.2, -0.15) is 0 Å². The van der Waals surface area contributed by atoms with Gasteiger partial charge in [0.1, 0.15) is 18.2 Å². The van der Waals surface area contributed by atoms with Gasteiger partial charge in [-0.3, -0.25) is 4.79 Å². The first-order chi connectivity index (χ1) is 17.8. The van der Waals surface area contributed by atoms with E-state index in [-0.39, 0.29) is 23.8 Å². The van der Waals surface area contributed by atoms with E-state index in [9.17, 15) is 9.18 Å². The summed E-state index contributed by atoms with van der Waals surface area (Å²) in [4.78, 5) is 13.7. The highest BCUT2D eigenvalue weighted by Crippen LogP contribution is 2.52. The number of hydrogen-bond donors (Lipinski definition) is 1. The normalized spacial score (nSPS) is 18.3. The van der Waals surface area contributed by atoms with Gasteiger partial charge in [0.25, 0.3) is 0 Å². The maximum absolute atomic E-state index is 14.4. The minimum Gasteiger partial charge on any atom is -0.488 e. The van der Waals surface area contributed by atoms with Gasteiger partial charge in [-0.15, -0.1) is 0 Å². The van der Waals surface area contributed by atoms with Gasteiger partial charge in [0, 0.05) is 34.4 Å². The van der Waals surface area contributed by atoms with E-state index in [1.807, 2.05) is 36.4 Å². The van der Waals surface area contributed by atoms with Gasteiger partial charge in [0.2, 0.25) is 0 Å². The second-order valence-electron chi connectivity index (χ2n) is 10.6. The van der Waals surface area contributed by atoms with Crippen LogP contribution in [0.2, 0.25) is 5.02 Å². The average molecular weight is 512 g/mol. The maximum Gasteiger partial charge on any atom is 0.162 e. The summed E-state index contributed by atoms with van der Waals surface area (Å²) < 4.78 is 20.6. The number of carbonyl (C=O) groups excluding carboxylic acids is 1. The van der Waals surface area contributed by atoms with Crippen LogP contribution < -0.4 is 10.1 Å². The number of hydrogen-bond acceptors (Lipinski definition) is 3. The van der Waals surface area contributed by atoms with E-state index >= 15 is 0 Å². The standard InChI is InChI=1S/C32H27ClFNO2/c1-32(2)16-22-29-20-9-4-3-8-19(20)14-15-26(29)35-31(30(22)27(36)17-32)21-10-5-6-13-28(21)37-18-23-24(33)11-7-12-25(23)34/h3-15,31,35H,16-18H2,1-2H3/t31-/m0/s1. The van der Waals surface area contributed by atoms with Gasteiger partial charge in [0.15, 0.2) is 5.78 Å². The largest absolute Gasteiger partial charge is 0.488 e. The highest BCUT2D eigenvalue weighted by atomic mass is 35.5. The fourth-order valence-corrected chi connectivity index (χ4v) is 5.96. The minimum atomic E-state index is -0.406. The van der Waals surface area contributed by atoms with Gasteiger partial charge in [0.05, 0.1) is 11.1 Å². The fourth-order valence-electron chi connectivity index (χ4n) is 5.74. The van der Waals surface area contributed by atoms with E-state index in [4.69, 9.17) is 16.3 Å². The number of halogens is 2. The van der Waals surface area contributed by atoms with Crippen molar-refractivity contribution >= 4 is 39.4 Å². The van der Waals surface area contributed by atoms with Crippen LogP contribution in [0, 0.1) is 11.2 Å². The molecule has 186 valence electrons. The number of benzene rings is 4. The molecule has 2 aliphatic rings. The zero-order chi connectivity index (χ0) is 25.7. The molecule has 1 aliphatic carbocycles. The Labute approximate surface area is 220 Å². The number of allylic oxidation sites excluding steroid dienone is 1. The van der Waals surface area contributed by atoms with Crippen LogP contribution in [0.3, 0.4) is 0 Å². The molecule has 3 nitrogen and oxygen atoms in total. The Hall–Kier alpha value is -3.63. The van der Waals surface area contributed by atoms with Crippen LogP contribution in [0.5, 0.6) is 5.75 Å². The molecule has 0 unspecified atom stereocenters. The van der Waals surface area contributed by atoms with E-state index in [2.05, 4.69) is 43.4 Å². The van der Waals surface area contributed by atoms with Crippen LogP contribution in [-0.4, -0.2) is 5.78 Å². The van der Waals surface area contributed by atoms with E-state index in [0.717, 1.165) is 45.2 Å². The highest BCUT2D eigenvalue weighted by molar-refractivity contribution is 6.31. The van der Waals surface area contributed by atoms with Crippen LogP contribution >= 0.6 is 11.6 Å². The molecule has 1 atom stereocenters. The Bertz CT molecular complexity index is 1570. The predicted molar refractivity (Wildman–Crippen MR) is 147 cm³/mol. The molecule has 4 aromatic carbocycles. The van der Waals surface area contributed by atoms with Gasteiger partial charge < -0.3 is 10.1 Å². The molecule has 37 heavy (non-hydrogen) atoms. The average Bonchev–Trinajstić information content (AvgIpc) is 2.87. The monoisotopic (exact) mass is 511 g/mol. The molecule has 0 saturated heterocycles. The Kier molecular flexibility index (Phi) is 5.80. The quantitative estimate of drug-likeness (QED) is 0.298. The molecule has 0 amide bonds. The molecule has 0 aromatic heterocycles. The Morgan fingerprint density at radius 1 is 0.973 bits per heavy atom. The summed E-state index contributed by atoms with van der Waals surface area (Å²) in [6.07, 6.45) is 1.29. The van der Waals surface area contributed by atoms with Crippen LogP contribution in [-0.2, 0) is 11.4 Å². The number of carbonyl (C=O) groups is 1. The van der Waals surface area contributed by atoms with Crippen molar-refractivity contribution in [1.82, 2.24) is 0 Å². The van der Waals surface area contributed by atoms with Crippen molar-refractivity contribution < 1.29 is 13.9 Å². The second-order valence-corrected chi connectivity index (χ2v) is 11.1. The van der Waals surface area contributed by atoms with Gasteiger partial charge in [-0.05, 0) is 52.4 Å². The summed E-state index contributed by atoms with van der Waals surface area (Å²) in [6.45, 7) is 4.31. The summed E-state index contributed by atoms with van der Waals surface area (Å²) in [7, 11) is 0. The Morgan fingerprint density at radius 3 is 2.59 bits per heavy atom.